The number of fused-ring (bicyclic) bond motifs is 1. The molecule has 1 aromatic carbocycles. The number of ether oxygens (including phenoxy) is 1. The predicted molar refractivity (Wildman–Crippen MR) is 75.0 cm³/mol. The molecule has 0 fully saturated rings. The number of benzene rings is 1. The van der Waals surface area contributed by atoms with Crippen LogP contribution in [0.3, 0.4) is 0 Å². The van der Waals surface area contributed by atoms with Gasteiger partial charge in [-0.25, -0.2) is 0 Å². The summed E-state index contributed by atoms with van der Waals surface area (Å²) in [4.78, 5) is 14.3. The first-order chi connectivity index (χ1) is 9.72. The molecular formula is C15H16N2O3. The fraction of sp³-hybridized carbons (Fsp3) is 0.267. The van der Waals surface area contributed by atoms with Crippen molar-refractivity contribution >= 4 is 11.6 Å². The Kier molecular flexibility index (Phi) is 3.20. The molecule has 0 unspecified atom stereocenters. The number of amides is 1. The van der Waals surface area contributed by atoms with Crippen LogP contribution in [0.2, 0.25) is 0 Å². The molecule has 1 aliphatic heterocycles. The molecule has 0 saturated heterocycles. The summed E-state index contributed by atoms with van der Waals surface area (Å²) in [6.07, 6.45) is 2.30. The Bertz CT molecular complexity index is 648. The number of nitrogens with two attached hydrogens (primary N) is 1. The largest absolute Gasteiger partial charge is 0.497 e. The summed E-state index contributed by atoms with van der Waals surface area (Å²) < 4.78 is 10.4. The first-order valence-electron chi connectivity index (χ1n) is 6.49. The van der Waals surface area contributed by atoms with E-state index < -0.39 is 0 Å². The van der Waals surface area contributed by atoms with Gasteiger partial charge in [0.25, 0.3) is 5.91 Å². The van der Waals surface area contributed by atoms with Gasteiger partial charge in [-0.1, -0.05) is 0 Å². The summed E-state index contributed by atoms with van der Waals surface area (Å²) >= 11 is 0. The Hall–Kier alpha value is -2.27. The van der Waals surface area contributed by atoms with Crippen molar-refractivity contribution in [1.82, 2.24) is 0 Å². The Morgan fingerprint density at radius 3 is 3.00 bits per heavy atom. The van der Waals surface area contributed by atoms with E-state index in [1.54, 1.807) is 18.1 Å². The second kappa shape index (κ2) is 5.02. The van der Waals surface area contributed by atoms with Crippen LogP contribution in [0.4, 0.5) is 5.69 Å². The van der Waals surface area contributed by atoms with Crippen LogP contribution in [0.1, 0.15) is 21.7 Å². The van der Waals surface area contributed by atoms with E-state index in [0.717, 1.165) is 23.4 Å². The van der Waals surface area contributed by atoms with Crippen molar-refractivity contribution in [2.45, 2.75) is 13.0 Å². The zero-order valence-electron chi connectivity index (χ0n) is 11.3. The Morgan fingerprint density at radius 1 is 1.45 bits per heavy atom. The molecule has 0 aliphatic carbocycles. The van der Waals surface area contributed by atoms with Crippen LogP contribution < -0.4 is 15.4 Å². The molecular weight excluding hydrogens is 256 g/mol. The molecule has 0 spiro atoms. The average molecular weight is 272 g/mol. The number of hydrogen-bond donors (Lipinski definition) is 1. The molecule has 3 rings (SSSR count). The third-order valence-corrected chi connectivity index (χ3v) is 3.53. The molecule has 1 amide bonds. The summed E-state index contributed by atoms with van der Waals surface area (Å²) in [5.74, 6) is 1.37. The van der Waals surface area contributed by atoms with Crippen LogP contribution >= 0.6 is 0 Å². The van der Waals surface area contributed by atoms with Crippen LogP contribution in [0, 0.1) is 0 Å². The van der Waals surface area contributed by atoms with Crippen molar-refractivity contribution in [3.8, 4) is 5.75 Å². The van der Waals surface area contributed by atoms with Crippen molar-refractivity contribution in [3.63, 3.8) is 0 Å². The van der Waals surface area contributed by atoms with Crippen molar-refractivity contribution in [3.05, 3.63) is 47.4 Å². The zero-order chi connectivity index (χ0) is 14.1. The normalized spacial score (nSPS) is 13.4. The van der Waals surface area contributed by atoms with Gasteiger partial charge in [0.05, 0.1) is 19.2 Å². The third-order valence-electron chi connectivity index (χ3n) is 3.53. The van der Waals surface area contributed by atoms with Gasteiger partial charge in [0.2, 0.25) is 0 Å². The zero-order valence-corrected chi connectivity index (χ0v) is 11.3. The van der Waals surface area contributed by atoms with Gasteiger partial charge in [0.1, 0.15) is 17.8 Å². The lowest BCUT2D eigenvalue weighted by molar-refractivity contribution is 0.0989. The maximum atomic E-state index is 12.5. The molecule has 0 saturated carbocycles. The van der Waals surface area contributed by atoms with E-state index in [2.05, 4.69) is 0 Å². The SMILES string of the molecule is COc1ccc2c(c1)CCN2C(=O)c1coc(CN)c1. The van der Waals surface area contributed by atoms with Gasteiger partial charge in [0, 0.05) is 12.2 Å². The maximum absolute atomic E-state index is 12.5. The maximum Gasteiger partial charge on any atom is 0.261 e. The van der Waals surface area contributed by atoms with E-state index in [4.69, 9.17) is 14.9 Å². The molecule has 1 aromatic heterocycles. The van der Waals surface area contributed by atoms with Crippen LogP contribution in [0.5, 0.6) is 5.75 Å². The molecule has 5 heteroatoms. The minimum atomic E-state index is -0.0580. The summed E-state index contributed by atoms with van der Waals surface area (Å²) in [6, 6.07) is 7.46. The molecule has 2 aromatic rings. The smallest absolute Gasteiger partial charge is 0.261 e. The van der Waals surface area contributed by atoms with E-state index in [1.807, 2.05) is 18.2 Å². The third kappa shape index (κ3) is 2.06. The van der Waals surface area contributed by atoms with Crippen LogP contribution in [-0.4, -0.2) is 19.6 Å². The number of nitrogens with zero attached hydrogens (tertiary/aromatic N) is 1. The molecule has 0 atom stereocenters. The minimum Gasteiger partial charge on any atom is -0.497 e. The van der Waals surface area contributed by atoms with Gasteiger partial charge in [-0.15, -0.1) is 0 Å². The quantitative estimate of drug-likeness (QED) is 0.927. The topological polar surface area (TPSA) is 68.7 Å². The second-order valence-electron chi connectivity index (χ2n) is 4.71. The highest BCUT2D eigenvalue weighted by Gasteiger charge is 2.26. The van der Waals surface area contributed by atoms with E-state index in [9.17, 15) is 4.79 Å². The van der Waals surface area contributed by atoms with Crippen molar-refractivity contribution in [2.24, 2.45) is 5.73 Å². The van der Waals surface area contributed by atoms with Gasteiger partial charge in [0.15, 0.2) is 0 Å². The van der Waals surface area contributed by atoms with E-state index in [0.29, 0.717) is 24.4 Å². The highest BCUT2D eigenvalue weighted by molar-refractivity contribution is 6.07. The number of rotatable bonds is 3. The lowest BCUT2D eigenvalue weighted by Gasteiger charge is -2.16. The monoisotopic (exact) mass is 272 g/mol. The standard InChI is InChI=1S/C15H16N2O3/c1-19-12-2-3-14-10(6-12)4-5-17(14)15(18)11-7-13(8-16)20-9-11/h2-3,6-7,9H,4-5,8,16H2,1H3. The first-order valence-corrected chi connectivity index (χ1v) is 6.49. The Labute approximate surface area is 116 Å². The molecule has 0 radical (unpaired) electrons. The van der Waals surface area contributed by atoms with Gasteiger partial charge < -0.3 is 19.8 Å². The molecule has 104 valence electrons. The number of methoxy groups -OCH3 is 1. The Balaban J connectivity index is 1.88. The summed E-state index contributed by atoms with van der Waals surface area (Å²) in [7, 11) is 1.64. The first kappa shape index (κ1) is 12.7. The second-order valence-corrected chi connectivity index (χ2v) is 4.71. The summed E-state index contributed by atoms with van der Waals surface area (Å²) in [6.45, 7) is 0.964. The fourth-order valence-corrected chi connectivity index (χ4v) is 2.47. The number of anilines is 1. The van der Waals surface area contributed by atoms with Crippen molar-refractivity contribution < 1.29 is 13.9 Å². The lowest BCUT2D eigenvalue weighted by Crippen LogP contribution is -2.28. The highest BCUT2D eigenvalue weighted by Crippen LogP contribution is 2.32. The van der Waals surface area contributed by atoms with Gasteiger partial charge in [-0.05, 0) is 36.2 Å². The molecule has 1 aliphatic rings. The molecule has 20 heavy (non-hydrogen) atoms. The van der Waals surface area contributed by atoms with Crippen LogP contribution in [0.15, 0.2) is 34.9 Å². The van der Waals surface area contributed by atoms with Crippen molar-refractivity contribution in [1.29, 1.82) is 0 Å². The summed E-state index contributed by atoms with van der Waals surface area (Å²) in [5, 5.41) is 0. The number of carbonyl (C=O) groups excluding carboxylic acids is 1. The molecule has 0 bridgehead atoms. The predicted octanol–water partition coefficient (Wildman–Crippen LogP) is 1.95. The van der Waals surface area contributed by atoms with Gasteiger partial charge >= 0.3 is 0 Å². The number of hydrogen-bond acceptors (Lipinski definition) is 4. The Morgan fingerprint density at radius 2 is 2.30 bits per heavy atom. The van der Waals surface area contributed by atoms with E-state index >= 15 is 0 Å². The van der Waals surface area contributed by atoms with E-state index in [-0.39, 0.29) is 5.91 Å². The minimum absolute atomic E-state index is 0.0580. The highest BCUT2D eigenvalue weighted by atomic mass is 16.5. The fourth-order valence-electron chi connectivity index (χ4n) is 2.47. The van der Waals surface area contributed by atoms with Crippen molar-refractivity contribution in [2.75, 3.05) is 18.6 Å². The van der Waals surface area contributed by atoms with Gasteiger partial charge in [-0.3, -0.25) is 4.79 Å². The van der Waals surface area contributed by atoms with E-state index in [1.165, 1.54) is 6.26 Å². The van der Waals surface area contributed by atoms with Crippen LogP contribution in [-0.2, 0) is 13.0 Å². The number of furan rings is 1. The molecule has 2 heterocycles. The number of carbonyl (C=O) groups is 1. The molecule has 5 nitrogen and oxygen atoms in total. The van der Waals surface area contributed by atoms with Gasteiger partial charge in [-0.2, -0.15) is 0 Å². The summed E-state index contributed by atoms with van der Waals surface area (Å²) in [5.41, 5.74) is 8.09. The lowest BCUT2D eigenvalue weighted by atomic mass is 10.1. The molecule has 2 N–H and O–H groups in total. The van der Waals surface area contributed by atoms with Crippen LogP contribution in [0.25, 0.3) is 0 Å². The average Bonchev–Trinajstić information content (AvgIpc) is 3.12.